The van der Waals surface area contributed by atoms with Gasteiger partial charge in [0.15, 0.2) is 0 Å². The van der Waals surface area contributed by atoms with E-state index in [0.29, 0.717) is 46.1 Å². The van der Waals surface area contributed by atoms with Crippen molar-refractivity contribution in [1.29, 1.82) is 5.26 Å². The number of aliphatic hydroxyl groups is 1. The van der Waals surface area contributed by atoms with E-state index in [0.717, 1.165) is 48.9 Å². The van der Waals surface area contributed by atoms with E-state index in [-0.39, 0.29) is 6.61 Å². The number of aliphatic hydroxyl groups excluding tert-OH is 1. The topological polar surface area (TPSA) is 89.2 Å². The molecule has 2 bridgehead atoms. The summed E-state index contributed by atoms with van der Waals surface area (Å²) in [7, 11) is -1.17. The Kier molecular flexibility index (Phi) is 5.59. The highest BCUT2D eigenvalue weighted by molar-refractivity contribution is 7.85. The first-order valence-corrected chi connectivity index (χ1v) is 14.0. The first-order chi connectivity index (χ1) is 16.5. The molecule has 34 heavy (non-hydrogen) atoms. The second-order valence-corrected chi connectivity index (χ2v) is 12.3. The lowest BCUT2D eigenvalue weighted by molar-refractivity contribution is 0.144. The number of halogens is 1. The molecule has 8 heteroatoms. The van der Waals surface area contributed by atoms with E-state index >= 15 is 0 Å². The van der Waals surface area contributed by atoms with Crippen LogP contribution in [-0.2, 0) is 17.2 Å². The number of fused-ring (bicyclic) bond motifs is 3. The fraction of sp³-hybridized carbons (Fsp3) is 0.538. The monoisotopic (exact) mass is 496 g/mol. The zero-order valence-corrected chi connectivity index (χ0v) is 20.7. The van der Waals surface area contributed by atoms with Gasteiger partial charge in [0.2, 0.25) is 0 Å². The molecule has 3 heterocycles. The van der Waals surface area contributed by atoms with Gasteiger partial charge in [-0.25, -0.2) is 4.98 Å². The second-order valence-electron chi connectivity index (χ2n) is 10.4. The quantitative estimate of drug-likeness (QED) is 0.644. The van der Waals surface area contributed by atoms with Gasteiger partial charge in [0.05, 0.1) is 39.2 Å². The summed E-state index contributed by atoms with van der Waals surface area (Å²) < 4.78 is 12.9. The third-order valence-corrected chi connectivity index (χ3v) is 10.2. The van der Waals surface area contributed by atoms with Crippen molar-refractivity contribution < 1.29 is 9.32 Å². The van der Waals surface area contributed by atoms with Gasteiger partial charge in [-0.3, -0.25) is 4.21 Å². The minimum absolute atomic E-state index is 0.00751. The Hall–Kier alpha value is -2.14. The van der Waals surface area contributed by atoms with E-state index in [9.17, 15) is 14.6 Å². The molecule has 0 radical (unpaired) electrons. The van der Waals surface area contributed by atoms with Gasteiger partial charge >= 0.3 is 0 Å². The van der Waals surface area contributed by atoms with Crippen molar-refractivity contribution in [2.24, 2.45) is 11.8 Å². The molecule has 1 aromatic heterocycles. The van der Waals surface area contributed by atoms with Gasteiger partial charge in [-0.05, 0) is 67.6 Å². The smallest absolute Gasteiger partial charge is 0.149 e. The van der Waals surface area contributed by atoms with Gasteiger partial charge in [0.1, 0.15) is 17.5 Å². The summed E-state index contributed by atoms with van der Waals surface area (Å²) in [6.45, 7) is 1.73. The Balaban J connectivity index is 1.37. The lowest BCUT2D eigenvalue weighted by Gasteiger charge is -2.43. The minimum atomic E-state index is -1.17. The first-order valence-electron chi connectivity index (χ1n) is 12.3. The maximum absolute atomic E-state index is 12.9. The molecular weight excluding hydrogens is 468 g/mol. The van der Waals surface area contributed by atoms with Gasteiger partial charge in [0, 0.05) is 30.3 Å². The average molecular weight is 497 g/mol. The standard InChI is InChI=1S/C26H29ClN4O2S/c27-19-6-4-16(5-7-19)22-17-2-3-18(22)14-31(13-17)25-20(12-28)23(30-26(15-32)9-1-10-26)24-21(29-25)8-11-34(24)33/h4-7,17-18,22,32H,1-3,8-11,13-15H2,(H,29,30)/t17?,18?,22?,34-/m1/s1. The van der Waals surface area contributed by atoms with E-state index in [2.05, 4.69) is 28.4 Å². The number of hydrogen-bond acceptors (Lipinski definition) is 6. The van der Waals surface area contributed by atoms with E-state index in [1.54, 1.807) is 0 Å². The van der Waals surface area contributed by atoms with Crippen LogP contribution in [0.15, 0.2) is 29.2 Å². The third-order valence-electron chi connectivity index (χ3n) is 8.46. The predicted octanol–water partition coefficient (Wildman–Crippen LogP) is 4.23. The van der Waals surface area contributed by atoms with Crippen LogP contribution in [0.5, 0.6) is 0 Å². The van der Waals surface area contributed by atoms with Gasteiger partial charge in [-0.2, -0.15) is 5.26 Å². The van der Waals surface area contributed by atoms with Gasteiger partial charge in [-0.15, -0.1) is 0 Å². The summed E-state index contributed by atoms with van der Waals surface area (Å²) in [5, 5.41) is 24.6. The summed E-state index contributed by atoms with van der Waals surface area (Å²) in [6, 6.07) is 10.7. The van der Waals surface area contributed by atoms with Crippen molar-refractivity contribution in [3.05, 3.63) is 46.1 Å². The molecule has 3 atom stereocenters. The number of aromatic nitrogens is 1. The van der Waals surface area contributed by atoms with Crippen LogP contribution in [0.1, 0.15) is 54.8 Å². The van der Waals surface area contributed by atoms with Crippen molar-refractivity contribution >= 4 is 33.9 Å². The summed E-state index contributed by atoms with van der Waals surface area (Å²) in [5.41, 5.74) is 2.91. The molecular formula is C26H29ClN4O2S. The molecule has 0 spiro atoms. The zero-order chi connectivity index (χ0) is 23.4. The maximum Gasteiger partial charge on any atom is 0.149 e. The molecule has 6 rings (SSSR count). The Morgan fingerprint density at radius 2 is 1.94 bits per heavy atom. The fourth-order valence-corrected chi connectivity index (χ4v) is 8.08. The number of nitrogens with zero attached hydrogens (tertiary/aromatic N) is 3. The molecule has 4 aliphatic rings. The number of aryl methyl sites for hydroxylation is 1. The Morgan fingerprint density at radius 3 is 2.53 bits per heavy atom. The highest BCUT2D eigenvalue weighted by Gasteiger charge is 2.45. The molecule has 2 unspecified atom stereocenters. The maximum atomic E-state index is 12.9. The van der Waals surface area contributed by atoms with Gasteiger partial charge in [-0.1, -0.05) is 23.7 Å². The lowest BCUT2D eigenvalue weighted by atomic mass is 9.77. The summed E-state index contributed by atoms with van der Waals surface area (Å²) in [6.07, 6.45) is 5.75. The molecule has 2 aliphatic heterocycles. The van der Waals surface area contributed by atoms with E-state index in [1.165, 1.54) is 18.4 Å². The molecule has 2 saturated carbocycles. The average Bonchev–Trinajstić information content (AvgIpc) is 3.32. The molecule has 2 aromatic rings. The number of piperidine rings is 1. The van der Waals surface area contributed by atoms with Gasteiger partial charge in [0.25, 0.3) is 0 Å². The van der Waals surface area contributed by atoms with Crippen LogP contribution in [-0.4, -0.2) is 45.3 Å². The van der Waals surface area contributed by atoms with Crippen LogP contribution < -0.4 is 10.2 Å². The normalized spacial score (nSPS) is 28.8. The van der Waals surface area contributed by atoms with E-state index in [1.807, 2.05) is 12.1 Å². The number of pyridine rings is 1. The van der Waals surface area contributed by atoms with E-state index < -0.39 is 16.3 Å². The van der Waals surface area contributed by atoms with Crippen molar-refractivity contribution in [1.82, 2.24) is 4.98 Å². The summed E-state index contributed by atoms with van der Waals surface area (Å²) >= 11 is 6.13. The van der Waals surface area contributed by atoms with Crippen LogP contribution in [0.25, 0.3) is 0 Å². The molecule has 2 N–H and O–H groups in total. The van der Waals surface area contributed by atoms with Crippen molar-refractivity contribution in [3.8, 4) is 6.07 Å². The van der Waals surface area contributed by atoms with Crippen LogP contribution in [0.2, 0.25) is 5.02 Å². The van der Waals surface area contributed by atoms with Crippen LogP contribution in [0.3, 0.4) is 0 Å². The second kappa shape index (κ2) is 8.51. The van der Waals surface area contributed by atoms with Crippen molar-refractivity contribution in [3.63, 3.8) is 0 Å². The number of benzene rings is 1. The highest BCUT2D eigenvalue weighted by atomic mass is 35.5. The Morgan fingerprint density at radius 1 is 1.24 bits per heavy atom. The van der Waals surface area contributed by atoms with Gasteiger partial charge < -0.3 is 15.3 Å². The molecule has 2 aliphatic carbocycles. The molecule has 178 valence electrons. The van der Waals surface area contributed by atoms with Crippen LogP contribution in [0, 0.1) is 23.2 Å². The third kappa shape index (κ3) is 3.54. The minimum Gasteiger partial charge on any atom is -0.394 e. The Labute approximate surface area is 207 Å². The van der Waals surface area contributed by atoms with Crippen molar-refractivity contribution in [2.75, 3.05) is 35.7 Å². The number of nitriles is 1. The zero-order valence-electron chi connectivity index (χ0n) is 19.1. The fourth-order valence-electron chi connectivity index (χ4n) is 6.58. The molecule has 6 nitrogen and oxygen atoms in total. The highest BCUT2D eigenvalue weighted by Crippen LogP contribution is 2.50. The van der Waals surface area contributed by atoms with Crippen LogP contribution >= 0.6 is 11.6 Å². The van der Waals surface area contributed by atoms with E-state index in [4.69, 9.17) is 16.6 Å². The molecule has 0 amide bonds. The lowest BCUT2D eigenvalue weighted by Crippen LogP contribution is -2.49. The van der Waals surface area contributed by atoms with Crippen molar-refractivity contribution in [2.45, 2.75) is 54.9 Å². The van der Waals surface area contributed by atoms with Crippen LogP contribution in [0.4, 0.5) is 11.5 Å². The Bertz CT molecular complexity index is 1170. The molecule has 3 fully saturated rings. The largest absolute Gasteiger partial charge is 0.394 e. The first kappa shape index (κ1) is 22.3. The summed E-state index contributed by atoms with van der Waals surface area (Å²) in [5.74, 6) is 2.78. The summed E-state index contributed by atoms with van der Waals surface area (Å²) in [4.78, 5) is 7.93. The number of rotatable bonds is 5. The number of anilines is 2. The number of hydrogen-bond donors (Lipinski definition) is 2. The number of nitrogens with one attached hydrogen (secondary N) is 1. The SMILES string of the molecule is N#Cc1c(N2CC3CCC(C2)C3c2ccc(Cl)cc2)nc2c(c1NC1(CO)CCC1)[S@](=O)CC2. The predicted molar refractivity (Wildman–Crippen MR) is 134 cm³/mol. The molecule has 1 saturated heterocycles. The molecule has 1 aromatic carbocycles.